The molecule has 0 spiro atoms. The van der Waals surface area contributed by atoms with Crippen molar-refractivity contribution in [1.29, 1.82) is 0 Å². The molecule has 0 aliphatic heterocycles. The van der Waals surface area contributed by atoms with Gasteiger partial charge < -0.3 is 15.8 Å². The number of nitrogens with one attached hydrogen (secondary N) is 2. The van der Waals surface area contributed by atoms with E-state index < -0.39 is 0 Å². The lowest BCUT2D eigenvalue weighted by Gasteiger charge is -2.20. The topological polar surface area (TPSA) is 63.0 Å². The van der Waals surface area contributed by atoms with E-state index in [1.807, 2.05) is 60.7 Å². The van der Waals surface area contributed by atoms with E-state index in [4.69, 9.17) is 17.3 Å². The van der Waals surface area contributed by atoms with E-state index in [1.165, 1.54) is 11.9 Å². The Labute approximate surface area is 181 Å². The van der Waals surface area contributed by atoms with Gasteiger partial charge in [0.1, 0.15) is 0 Å². The number of hydrogen-bond donors (Lipinski definition) is 3. The normalized spacial score (nSPS) is 11.9. The predicted octanol–water partition coefficient (Wildman–Crippen LogP) is 6.43. The molecule has 4 N–H and O–H groups in total. The first-order chi connectivity index (χ1) is 13.9. The van der Waals surface area contributed by atoms with Crippen LogP contribution in [0.3, 0.4) is 0 Å². The molecule has 3 aromatic rings. The van der Waals surface area contributed by atoms with Crippen LogP contribution in [0.25, 0.3) is 11.1 Å². The van der Waals surface area contributed by atoms with Crippen LogP contribution >= 0.6 is 23.5 Å². The maximum atomic E-state index is 6.27. The smallest absolute Gasteiger partial charge is 0.152 e. The lowest BCUT2D eigenvalue weighted by molar-refractivity contribution is 0.552. The standard InChI is InChI=1S/C23H25ClN4S/c1-15(2)22(25)16(3)27-19-11-9-17(10-12-19)18-13-21(23(24)26-14-18)28-29-20-7-5-4-6-8-20/h4-15,22,27-28H,3,25H2,1-2H3. The molecule has 1 unspecified atom stereocenters. The molecule has 3 rings (SSSR count). The maximum Gasteiger partial charge on any atom is 0.152 e. The van der Waals surface area contributed by atoms with Gasteiger partial charge in [0.25, 0.3) is 0 Å². The first kappa shape index (κ1) is 21.2. The van der Waals surface area contributed by atoms with E-state index >= 15 is 0 Å². The molecule has 0 saturated carbocycles. The molecule has 6 heteroatoms. The fraction of sp³-hybridized carbons (Fsp3) is 0.174. The van der Waals surface area contributed by atoms with Crippen molar-refractivity contribution in [2.75, 3.05) is 10.0 Å². The maximum absolute atomic E-state index is 6.27. The number of benzene rings is 2. The third-order valence-electron chi connectivity index (χ3n) is 4.50. The zero-order valence-electron chi connectivity index (χ0n) is 16.5. The molecule has 0 bridgehead atoms. The van der Waals surface area contributed by atoms with Crippen molar-refractivity contribution in [2.45, 2.75) is 24.8 Å². The average molecular weight is 425 g/mol. The van der Waals surface area contributed by atoms with Gasteiger partial charge in [-0.3, -0.25) is 0 Å². The van der Waals surface area contributed by atoms with Gasteiger partial charge in [-0.15, -0.1) is 0 Å². The second kappa shape index (κ2) is 9.83. The van der Waals surface area contributed by atoms with Crippen molar-refractivity contribution in [3.63, 3.8) is 0 Å². The highest BCUT2D eigenvalue weighted by atomic mass is 35.5. The minimum absolute atomic E-state index is 0.0918. The molecular formula is C23H25ClN4S. The second-order valence-electron chi connectivity index (χ2n) is 7.08. The SMILES string of the molecule is C=C(Nc1ccc(-c2cnc(Cl)c(NSc3ccccc3)c2)cc1)C(N)C(C)C. The van der Waals surface area contributed by atoms with Crippen LogP contribution in [0.2, 0.25) is 5.15 Å². The van der Waals surface area contributed by atoms with Crippen molar-refractivity contribution in [1.82, 2.24) is 4.98 Å². The number of aromatic nitrogens is 1. The van der Waals surface area contributed by atoms with Crippen LogP contribution in [0, 0.1) is 5.92 Å². The molecule has 0 aliphatic rings. The number of pyridine rings is 1. The molecule has 1 heterocycles. The summed E-state index contributed by atoms with van der Waals surface area (Å²) in [4.78, 5) is 5.43. The summed E-state index contributed by atoms with van der Waals surface area (Å²) in [5.74, 6) is 0.328. The van der Waals surface area contributed by atoms with Crippen LogP contribution in [-0.2, 0) is 0 Å². The second-order valence-corrected chi connectivity index (χ2v) is 8.31. The van der Waals surface area contributed by atoms with Crippen molar-refractivity contribution in [3.05, 3.63) is 84.3 Å². The van der Waals surface area contributed by atoms with Gasteiger partial charge in [0.15, 0.2) is 5.15 Å². The summed E-state index contributed by atoms with van der Waals surface area (Å²) in [7, 11) is 0. The number of hydrogen-bond acceptors (Lipinski definition) is 5. The van der Waals surface area contributed by atoms with Crippen LogP contribution in [-0.4, -0.2) is 11.0 Å². The van der Waals surface area contributed by atoms with Gasteiger partial charge in [0.2, 0.25) is 0 Å². The lowest BCUT2D eigenvalue weighted by atomic mass is 10.0. The summed E-state index contributed by atoms with van der Waals surface area (Å²) >= 11 is 7.77. The first-order valence-electron chi connectivity index (χ1n) is 9.39. The van der Waals surface area contributed by atoms with Crippen LogP contribution in [0.4, 0.5) is 11.4 Å². The molecule has 0 fully saturated rings. The van der Waals surface area contributed by atoms with Gasteiger partial charge in [-0.25, -0.2) is 4.98 Å². The molecule has 29 heavy (non-hydrogen) atoms. The van der Waals surface area contributed by atoms with E-state index in [0.717, 1.165) is 33.1 Å². The zero-order valence-corrected chi connectivity index (χ0v) is 18.1. The summed E-state index contributed by atoms with van der Waals surface area (Å²) in [5.41, 5.74) is 10.7. The summed E-state index contributed by atoms with van der Waals surface area (Å²) in [6, 6.07) is 20.1. The predicted molar refractivity (Wildman–Crippen MR) is 126 cm³/mol. The van der Waals surface area contributed by atoms with Crippen molar-refractivity contribution < 1.29 is 0 Å². The fourth-order valence-electron chi connectivity index (χ4n) is 2.70. The molecule has 0 saturated heterocycles. The van der Waals surface area contributed by atoms with Gasteiger partial charge >= 0.3 is 0 Å². The molecular weight excluding hydrogens is 400 g/mol. The highest BCUT2D eigenvalue weighted by Gasteiger charge is 2.12. The van der Waals surface area contributed by atoms with Crippen molar-refractivity contribution in [2.24, 2.45) is 11.7 Å². The van der Waals surface area contributed by atoms with Crippen LogP contribution in [0.15, 0.2) is 84.0 Å². The van der Waals surface area contributed by atoms with E-state index in [1.54, 1.807) is 6.20 Å². The first-order valence-corrected chi connectivity index (χ1v) is 10.6. The van der Waals surface area contributed by atoms with Gasteiger partial charge in [-0.1, -0.05) is 62.4 Å². The summed E-state index contributed by atoms with van der Waals surface area (Å²) < 4.78 is 3.28. The Balaban J connectivity index is 1.71. The van der Waals surface area contributed by atoms with Crippen molar-refractivity contribution >= 4 is 34.9 Å². The molecule has 4 nitrogen and oxygen atoms in total. The van der Waals surface area contributed by atoms with Crippen LogP contribution < -0.4 is 15.8 Å². The molecule has 0 radical (unpaired) electrons. The lowest BCUT2D eigenvalue weighted by Crippen LogP contribution is -2.31. The average Bonchev–Trinajstić information content (AvgIpc) is 2.74. The largest absolute Gasteiger partial charge is 0.358 e. The molecule has 2 aromatic carbocycles. The number of nitrogens with zero attached hydrogens (tertiary/aromatic N) is 1. The van der Waals surface area contributed by atoms with Gasteiger partial charge in [-0.2, -0.15) is 0 Å². The van der Waals surface area contributed by atoms with Gasteiger partial charge in [0.05, 0.1) is 5.69 Å². The van der Waals surface area contributed by atoms with E-state index in [-0.39, 0.29) is 6.04 Å². The van der Waals surface area contributed by atoms with E-state index in [2.05, 4.69) is 35.4 Å². The Bertz CT molecular complexity index is 958. The highest BCUT2D eigenvalue weighted by Crippen LogP contribution is 2.31. The minimum atomic E-state index is -0.0918. The molecule has 1 atom stereocenters. The Morgan fingerprint density at radius 2 is 1.76 bits per heavy atom. The molecule has 0 aliphatic carbocycles. The Kier molecular flexibility index (Phi) is 7.20. The Morgan fingerprint density at radius 3 is 2.41 bits per heavy atom. The number of anilines is 2. The van der Waals surface area contributed by atoms with E-state index in [0.29, 0.717) is 11.1 Å². The van der Waals surface area contributed by atoms with Gasteiger partial charge in [0, 0.05) is 34.1 Å². The monoisotopic (exact) mass is 424 g/mol. The van der Waals surface area contributed by atoms with Crippen LogP contribution in [0.1, 0.15) is 13.8 Å². The van der Waals surface area contributed by atoms with E-state index in [9.17, 15) is 0 Å². The third-order valence-corrected chi connectivity index (χ3v) is 5.64. The summed E-state index contributed by atoms with van der Waals surface area (Å²) in [6.07, 6.45) is 1.77. The number of halogens is 1. The Morgan fingerprint density at radius 1 is 1.07 bits per heavy atom. The highest BCUT2D eigenvalue weighted by molar-refractivity contribution is 8.00. The summed E-state index contributed by atoms with van der Waals surface area (Å²) in [6.45, 7) is 8.21. The number of rotatable bonds is 8. The zero-order chi connectivity index (χ0) is 20.8. The molecule has 1 aromatic heterocycles. The summed E-state index contributed by atoms with van der Waals surface area (Å²) in [5, 5.41) is 3.73. The quantitative estimate of drug-likeness (QED) is 0.287. The van der Waals surface area contributed by atoms with Gasteiger partial charge in [-0.05, 0) is 53.8 Å². The van der Waals surface area contributed by atoms with Crippen LogP contribution in [0.5, 0.6) is 0 Å². The van der Waals surface area contributed by atoms with Crippen molar-refractivity contribution in [3.8, 4) is 11.1 Å². The third kappa shape index (κ3) is 5.76. The molecule has 150 valence electrons. The number of nitrogens with two attached hydrogens (primary N) is 1. The molecule has 0 amide bonds. The fourth-order valence-corrected chi connectivity index (χ4v) is 3.58. The minimum Gasteiger partial charge on any atom is -0.358 e. The Hall–Kier alpha value is -2.47.